The van der Waals surface area contributed by atoms with E-state index in [-0.39, 0.29) is 23.4 Å². The Kier molecular flexibility index (Phi) is 9.34. The summed E-state index contributed by atoms with van der Waals surface area (Å²) in [4.78, 5) is 28.1. The zero-order valence-corrected chi connectivity index (χ0v) is 23.0. The van der Waals surface area contributed by atoms with Crippen LogP contribution < -0.4 is 9.62 Å². The number of aryl methyl sites for hydroxylation is 1. The number of halogens is 1. The second kappa shape index (κ2) is 12.3. The molecule has 0 aliphatic heterocycles. The maximum Gasteiger partial charge on any atom is 0.264 e. The Balaban J connectivity index is 2.00. The van der Waals surface area contributed by atoms with Crippen LogP contribution in [0.1, 0.15) is 31.9 Å². The maximum absolute atomic E-state index is 13.8. The first kappa shape index (κ1) is 28.2. The highest BCUT2D eigenvalue weighted by Crippen LogP contribution is 2.25. The summed E-state index contributed by atoms with van der Waals surface area (Å²) in [5.41, 5.74) is 2.07. The molecule has 1 atom stereocenters. The molecule has 3 aromatic rings. The number of benzene rings is 3. The van der Waals surface area contributed by atoms with Crippen molar-refractivity contribution in [2.75, 3.05) is 10.8 Å². The molecule has 0 aliphatic rings. The second-order valence-electron chi connectivity index (χ2n) is 9.15. The molecule has 37 heavy (non-hydrogen) atoms. The standard InChI is InChI=1S/C28H32ClN3O4S/c1-20(2)30-28(34)22(4)31(18-23-12-14-24(29)15-13-23)27(33)19-32(25-16-10-21(3)11-17-25)37(35,36)26-8-6-5-7-9-26/h5-17,20,22H,18-19H2,1-4H3,(H,30,34). The first-order chi connectivity index (χ1) is 17.5. The lowest BCUT2D eigenvalue weighted by Crippen LogP contribution is -2.52. The van der Waals surface area contributed by atoms with E-state index < -0.39 is 28.5 Å². The van der Waals surface area contributed by atoms with Crippen LogP contribution in [0.25, 0.3) is 0 Å². The first-order valence-electron chi connectivity index (χ1n) is 12.0. The molecule has 3 rings (SSSR count). The summed E-state index contributed by atoms with van der Waals surface area (Å²) in [6.07, 6.45) is 0. The summed E-state index contributed by atoms with van der Waals surface area (Å²) >= 11 is 6.02. The first-order valence-corrected chi connectivity index (χ1v) is 13.8. The molecule has 196 valence electrons. The second-order valence-corrected chi connectivity index (χ2v) is 11.4. The maximum atomic E-state index is 13.8. The molecule has 0 saturated carbocycles. The van der Waals surface area contributed by atoms with E-state index in [1.807, 2.05) is 20.8 Å². The van der Waals surface area contributed by atoms with Gasteiger partial charge in [0.05, 0.1) is 10.6 Å². The lowest BCUT2D eigenvalue weighted by atomic mass is 10.1. The summed E-state index contributed by atoms with van der Waals surface area (Å²) in [6, 6.07) is 20.9. The van der Waals surface area contributed by atoms with Crippen LogP contribution in [0.5, 0.6) is 0 Å². The van der Waals surface area contributed by atoms with Crippen LogP contribution in [0, 0.1) is 6.92 Å². The minimum atomic E-state index is -4.07. The molecule has 0 saturated heterocycles. The normalized spacial score (nSPS) is 12.2. The van der Waals surface area contributed by atoms with Crippen molar-refractivity contribution in [3.8, 4) is 0 Å². The number of rotatable bonds is 10. The van der Waals surface area contributed by atoms with Gasteiger partial charge in [-0.3, -0.25) is 13.9 Å². The summed E-state index contributed by atoms with van der Waals surface area (Å²) in [6.45, 7) is 6.83. The summed E-state index contributed by atoms with van der Waals surface area (Å²) in [5, 5.41) is 3.38. The molecule has 0 fully saturated rings. The van der Waals surface area contributed by atoms with Crippen molar-refractivity contribution in [2.24, 2.45) is 0 Å². The van der Waals surface area contributed by atoms with Gasteiger partial charge in [-0.2, -0.15) is 0 Å². The van der Waals surface area contributed by atoms with Crippen LogP contribution in [-0.4, -0.2) is 43.8 Å². The van der Waals surface area contributed by atoms with Gasteiger partial charge in [-0.15, -0.1) is 0 Å². The van der Waals surface area contributed by atoms with E-state index in [1.165, 1.54) is 17.0 Å². The van der Waals surface area contributed by atoms with E-state index in [4.69, 9.17) is 11.6 Å². The average Bonchev–Trinajstić information content (AvgIpc) is 2.87. The Hall–Kier alpha value is -3.36. The molecule has 0 spiro atoms. The van der Waals surface area contributed by atoms with E-state index in [0.717, 1.165) is 15.4 Å². The number of nitrogens with one attached hydrogen (secondary N) is 1. The van der Waals surface area contributed by atoms with Gasteiger partial charge in [0, 0.05) is 17.6 Å². The zero-order valence-electron chi connectivity index (χ0n) is 21.4. The Bertz CT molecular complexity index is 1310. The molecule has 3 aromatic carbocycles. The summed E-state index contributed by atoms with van der Waals surface area (Å²) in [7, 11) is -4.07. The minimum absolute atomic E-state index is 0.0678. The van der Waals surface area contributed by atoms with Gasteiger partial charge < -0.3 is 10.2 Å². The monoisotopic (exact) mass is 541 g/mol. The van der Waals surface area contributed by atoms with Crippen molar-refractivity contribution >= 4 is 39.1 Å². The molecule has 0 radical (unpaired) electrons. The molecule has 0 aliphatic carbocycles. The van der Waals surface area contributed by atoms with E-state index in [2.05, 4.69) is 5.32 Å². The number of amides is 2. The smallest absolute Gasteiger partial charge is 0.264 e. The number of anilines is 1. The highest BCUT2D eigenvalue weighted by atomic mass is 35.5. The molecule has 0 heterocycles. The van der Waals surface area contributed by atoms with E-state index >= 15 is 0 Å². The highest BCUT2D eigenvalue weighted by molar-refractivity contribution is 7.92. The molecule has 7 nitrogen and oxygen atoms in total. The molecule has 1 N–H and O–H groups in total. The zero-order chi connectivity index (χ0) is 27.2. The predicted molar refractivity (Wildman–Crippen MR) is 147 cm³/mol. The van der Waals surface area contributed by atoms with Crippen LogP contribution in [0.2, 0.25) is 5.02 Å². The van der Waals surface area contributed by atoms with Gasteiger partial charge >= 0.3 is 0 Å². The fourth-order valence-corrected chi connectivity index (χ4v) is 5.29. The lowest BCUT2D eigenvalue weighted by molar-refractivity contribution is -0.139. The van der Waals surface area contributed by atoms with Crippen molar-refractivity contribution in [3.05, 3.63) is 95.0 Å². The van der Waals surface area contributed by atoms with Gasteiger partial charge in [0.2, 0.25) is 11.8 Å². The van der Waals surface area contributed by atoms with E-state index in [9.17, 15) is 18.0 Å². The van der Waals surface area contributed by atoms with Crippen molar-refractivity contribution in [3.63, 3.8) is 0 Å². The molecule has 2 amide bonds. The van der Waals surface area contributed by atoms with E-state index in [0.29, 0.717) is 10.7 Å². The lowest BCUT2D eigenvalue weighted by Gasteiger charge is -2.32. The van der Waals surface area contributed by atoms with Gasteiger partial charge in [0.25, 0.3) is 10.0 Å². The topological polar surface area (TPSA) is 86.8 Å². The van der Waals surface area contributed by atoms with Crippen molar-refractivity contribution in [1.29, 1.82) is 0 Å². The number of sulfonamides is 1. The predicted octanol–water partition coefficient (Wildman–Crippen LogP) is 4.79. The van der Waals surface area contributed by atoms with E-state index in [1.54, 1.807) is 73.7 Å². The molecule has 0 bridgehead atoms. The number of hydrogen-bond donors (Lipinski definition) is 1. The molecule has 9 heteroatoms. The van der Waals surface area contributed by atoms with Crippen LogP contribution in [0.15, 0.2) is 83.8 Å². The van der Waals surface area contributed by atoms with Gasteiger partial charge in [-0.1, -0.05) is 59.6 Å². The third-order valence-electron chi connectivity index (χ3n) is 5.80. The number of nitrogens with zero attached hydrogens (tertiary/aromatic N) is 2. The molecule has 1 unspecified atom stereocenters. The van der Waals surface area contributed by atoms with Crippen molar-refractivity contribution in [2.45, 2.75) is 51.2 Å². The Morgan fingerprint density at radius 1 is 0.892 bits per heavy atom. The van der Waals surface area contributed by atoms with Crippen LogP contribution in [0.4, 0.5) is 5.69 Å². The minimum Gasteiger partial charge on any atom is -0.352 e. The fraction of sp³-hybridized carbons (Fsp3) is 0.286. The SMILES string of the molecule is Cc1ccc(N(CC(=O)N(Cc2ccc(Cl)cc2)C(C)C(=O)NC(C)C)S(=O)(=O)c2ccccc2)cc1. The van der Waals surface area contributed by atoms with Crippen molar-refractivity contribution in [1.82, 2.24) is 10.2 Å². The average molecular weight is 542 g/mol. The fourth-order valence-electron chi connectivity index (χ4n) is 3.73. The van der Waals surface area contributed by atoms with Crippen LogP contribution in [-0.2, 0) is 26.2 Å². The number of hydrogen-bond acceptors (Lipinski definition) is 4. The number of carbonyl (C=O) groups excluding carboxylic acids is 2. The molecule has 0 aromatic heterocycles. The highest BCUT2D eigenvalue weighted by Gasteiger charge is 2.32. The third-order valence-corrected chi connectivity index (χ3v) is 7.84. The Labute approximate surface area is 224 Å². The quantitative estimate of drug-likeness (QED) is 0.400. The summed E-state index contributed by atoms with van der Waals surface area (Å²) < 4.78 is 28.5. The Morgan fingerprint density at radius 3 is 2.05 bits per heavy atom. The molecular weight excluding hydrogens is 510 g/mol. The largest absolute Gasteiger partial charge is 0.352 e. The van der Waals surface area contributed by atoms with Crippen LogP contribution >= 0.6 is 11.6 Å². The van der Waals surface area contributed by atoms with Gasteiger partial charge in [-0.25, -0.2) is 8.42 Å². The van der Waals surface area contributed by atoms with Gasteiger partial charge in [0.1, 0.15) is 12.6 Å². The summed E-state index contributed by atoms with van der Waals surface area (Å²) in [5.74, 6) is -0.841. The third kappa shape index (κ3) is 7.33. The van der Waals surface area contributed by atoms with Gasteiger partial charge in [0.15, 0.2) is 0 Å². The Morgan fingerprint density at radius 2 is 1.49 bits per heavy atom. The number of carbonyl (C=O) groups is 2. The van der Waals surface area contributed by atoms with Gasteiger partial charge in [-0.05, 0) is 69.7 Å². The van der Waals surface area contributed by atoms with Crippen LogP contribution in [0.3, 0.4) is 0 Å². The van der Waals surface area contributed by atoms with Crippen molar-refractivity contribution < 1.29 is 18.0 Å². The molecular formula is C28H32ClN3O4S.